The van der Waals surface area contributed by atoms with Crippen LogP contribution in [0.3, 0.4) is 0 Å². The van der Waals surface area contributed by atoms with Crippen molar-refractivity contribution in [2.45, 2.75) is 19.7 Å². The van der Waals surface area contributed by atoms with Crippen LogP contribution in [0.4, 0.5) is 0 Å². The smallest absolute Gasteiger partial charge is 0.387 e. The van der Waals surface area contributed by atoms with Gasteiger partial charge in [-0.15, -0.1) is 16.4 Å². The van der Waals surface area contributed by atoms with Crippen molar-refractivity contribution in [3.05, 3.63) is 28.1 Å². The summed E-state index contributed by atoms with van der Waals surface area (Å²) in [5, 5.41) is 6.17. The number of thiophene rings is 1. The van der Waals surface area contributed by atoms with Crippen molar-refractivity contribution in [2.24, 2.45) is 0 Å². The Kier molecular flexibility index (Phi) is 3.50. The van der Waals surface area contributed by atoms with E-state index < -0.39 is 5.76 Å². The molecular weight excluding hydrogens is 266 g/mol. The van der Waals surface area contributed by atoms with E-state index in [2.05, 4.69) is 10.00 Å². The van der Waals surface area contributed by atoms with Crippen LogP contribution >= 0.6 is 11.3 Å². The van der Waals surface area contributed by atoms with Crippen molar-refractivity contribution in [2.75, 3.05) is 19.7 Å². The first-order valence-electron chi connectivity index (χ1n) is 6.18. The van der Waals surface area contributed by atoms with Gasteiger partial charge in [-0.3, -0.25) is 4.90 Å². The van der Waals surface area contributed by atoms with Gasteiger partial charge in [0.05, 0.1) is 17.6 Å². The molecule has 3 rings (SSSR count). The zero-order valence-corrected chi connectivity index (χ0v) is 11.4. The van der Waals surface area contributed by atoms with E-state index in [0.717, 1.165) is 18.0 Å². The van der Waals surface area contributed by atoms with Gasteiger partial charge >= 0.3 is 5.76 Å². The Morgan fingerprint density at radius 3 is 3.21 bits per heavy atom. The maximum absolute atomic E-state index is 11.8. The van der Waals surface area contributed by atoms with Gasteiger partial charge in [0, 0.05) is 13.1 Å². The van der Waals surface area contributed by atoms with Crippen LogP contribution in [0.5, 0.6) is 0 Å². The Hall–Kier alpha value is -1.44. The molecule has 0 aliphatic carbocycles. The topological polar surface area (TPSA) is 60.5 Å². The minimum Gasteiger partial charge on any atom is -0.387 e. The quantitative estimate of drug-likeness (QED) is 0.847. The van der Waals surface area contributed by atoms with E-state index in [9.17, 15) is 4.79 Å². The molecule has 102 valence electrons. The monoisotopic (exact) mass is 281 g/mol. The highest BCUT2D eigenvalue weighted by Gasteiger charge is 2.19. The van der Waals surface area contributed by atoms with Crippen LogP contribution in [0.1, 0.15) is 6.92 Å². The van der Waals surface area contributed by atoms with Crippen LogP contribution in [0.2, 0.25) is 0 Å². The van der Waals surface area contributed by atoms with E-state index in [1.165, 1.54) is 16.0 Å². The van der Waals surface area contributed by atoms with Gasteiger partial charge < -0.3 is 9.15 Å². The third kappa shape index (κ3) is 2.78. The van der Waals surface area contributed by atoms with Crippen LogP contribution in [-0.4, -0.2) is 40.5 Å². The number of hydrogen-bond donors (Lipinski definition) is 0. The highest BCUT2D eigenvalue weighted by molar-refractivity contribution is 7.13. The number of nitrogens with zero attached hydrogens (tertiary/aromatic N) is 3. The van der Waals surface area contributed by atoms with Crippen LogP contribution in [0, 0.1) is 0 Å². The molecular formula is C12H15N3O3S. The van der Waals surface area contributed by atoms with Gasteiger partial charge in [-0.1, -0.05) is 6.07 Å². The first-order valence-corrected chi connectivity index (χ1v) is 7.06. The average molecular weight is 281 g/mol. The number of ether oxygens (including phenoxy) is 1. The molecule has 1 aliphatic heterocycles. The number of rotatable bonds is 3. The number of aromatic nitrogens is 2. The van der Waals surface area contributed by atoms with Crippen LogP contribution in [0.25, 0.3) is 10.8 Å². The Balaban J connectivity index is 1.76. The Labute approximate surface area is 114 Å². The molecule has 0 N–H and O–H groups in total. The summed E-state index contributed by atoms with van der Waals surface area (Å²) in [6, 6.07) is 3.79. The van der Waals surface area contributed by atoms with Crippen LogP contribution < -0.4 is 5.76 Å². The second kappa shape index (κ2) is 5.28. The van der Waals surface area contributed by atoms with Crippen molar-refractivity contribution in [3.63, 3.8) is 0 Å². The van der Waals surface area contributed by atoms with Gasteiger partial charge in [0.2, 0.25) is 0 Å². The van der Waals surface area contributed by atoms with Gasteiger partial charge in [0.1, 0.15) is 6.67 Å². The van der Waals surface area contributed by atoms with E-state index >= 15 is 0 Å². The molecule has 7 heteroatoms. The highest BCUT2D eigenvalue weighted by Crippen LogP contribution is 2.21. The summed E-state index contributed by atoms with van der Waals surface area (Å²) in [4.78, 5) is 14.8. The predicted octanol–water partition coefficient (Wildman–Crippen LogP) is 1.24. The summed E-state index contributed by atoms with van der Waals surface area (Å²) >= 11 is 1.50. The third-order valence-corrected chi connectivity index (χ3v) is 3.86. The molecule has 1 unspecified atom stereocenters. The number of hydrogen-bond acceptors (Lipinski definition) is 6. The molecule has 1 aliphatic rings. The summed E-state index contributed by atoms with van der Waals surface area (Å²) < 4.78 is 12.0. The lowest BCUT2D eigenvalue weighted by Crippen LogP contribution is -2.43. The molecule has 1 saturated heterocycles. The van der Waals surface area contributed by atoms with Crippen molar-refractivity contribution in [1.29, 1.82) is 0 Å². The van der Waals surface area contributed by atoms with E-state index in [-0.39, 0.29) is 6.10 Å². The molecule has 0 spiro atoms. The second-order valence-corrected chi connectivity index (χ2v) is 5.50. The molecule has 19 heavy (non-hydrogen) atoms. The standard InChI is InChI=1S/C12H15N3O3S/c1-9-7-14(4-5-17-9)8-15-12(16)18-11(13-15)10-3-2-6-19-10/h2-3,6,9H,4-5,7-8H2,1H3. The van der Waals surface area contributed by atoms with Gasteiger partial charge in [-0.2, -0.15) is 4.68 Å². The van der Waals surface area contributed by atoms with E-state index in [1.807, 2.05) is 24.4 Å². The van der Waals surface area contributed by atoms with Gasteiger partial charge in [-0.05, 0) is 18.4 Å². The van der Waals surface area contributed by atoms with Crippen molar-refractivity contribution >= 4 is 11.3 Å². The molecule has 3 heterocycles. The fourth-order valence-corrected chi connectivity index (χ4v) is 2.75. The lowest BCUT2D eigenvalue weighted by molar-refractivity contribution is -0.0312. The summed E-state index contributed by atoms with van der Waals surface area (Å²) in [5.41, 5.74) is 0. The van der Waals surface area contributed by atoms with Gasteiger partial charge in [-0.25, -0.2) is 4.79 Å². The molecule has 2 aromatic heterocycles. The molecule has 6 nitrogen and oxygen atoms in total. The van der Waals surface area contributed by atoms with Crippen molar-refractivity contribution in [1.82, 2.24) is 14.7 Å². The largest absolute Gasteiger partial charge is 0.438 e. The summed E-state index contributed by atoms with van der Waals surface area (Å²) in [6.07, 6.45) is 0.188. The minimum atomic E-state index is -0.414. The molecule has 0 bridgehead atoms. The first-order chi connectivity index (χ1) is 9.22. The molecule has 2 aromatic rings. The zero-order valence-electron chi connectivity index (χ0n) is 10.6. The first kappa shape index (κ1) is 12.6. The molecule has 0 aromatic carbocycles. The minimum absolute atomic E-state index is 0.188. The van der Waals surface area contributed by atoms with E-state index in [4.69, 9.17) is 9.15 Å². The Morgan fingerprint density at radius 1 is 1.58 bits per heavy atom. The van der Waals surface area contributed by atoms with Crippen molar-refractivity contribution < 1.29 is 9.15 Å². The van der Waals surface area contributed by atoms with Gasteiger partial charge in [0.15, 0.2) is 0 Å². The molecule has 1 fully saturated rings. The summed E-state index contributed by atoms with van der Waals surface area (Å²) in [7, 11) is 0. The Morgan fingerprint density at radius 2 is 2.47 bits per heavy atom. The fraction of sp³-hybridized carbons (Fsp3) is 0.500. The second-order valence-electron chi connectivity index (χ2n) is 4.55. The SMILES string of the molecule is CC1CN(Cn2nc(-c3cccs3)oc2=O)CCO1. The van der Waals surface area contributed by atoms with E-state index in [1.54, 1.807) is 0 Å². The Bertz CT molecular complexity index is 590. The van der Waals surface area contributed by atoms with Crippen LogP contribution in [-0.2, 0) is 11.4 Å². The molecule has 0 amide bonds. The van der Waals surface area contributed by atoms with E-state index in [0.29, 0.717) is 19.2 Å². The molecule has 0 radical (unpaired) electrons. The lowest BCUT2D eigenvalue weighted by Gasteiger charge is -2.30. The zero-order chi connectivity index (χ0) is 13.2. The molecule has 0 saturated carbocycles. The molecule has 1 atom stereocenters. The normalized spacial score (nSPS) is 20.8. The summed E-state index contributed by atoms with van der Waals surface area (Å²) in [6.45, 7) is 4.76. The summed E-state index contributed by atoms with van der Waals surface area (Å²) in [5.74, 6) is -0.0242. The predicted molar refractivity (Wildman–Crippen MR) is 71.1 cm³/mol. The number of morpholine rings is 1. The van der Waals surface area contributed by atoms with Crippen LogP contribution in [0.15, 0.2) is 26.7 Å². The maximum atomic E-state index is 11.8. The fourth-order valence-electron chi connectivity index (χ4n) is 2.10. The highest BCUT2D eigenvalue weighted by atomic mass is 32.1. The average Bonchev–Trinajstić information content (AvgIpc) is 3.00. The third-order valence-electron chi connectivity index (χ3n) is 3.00. The lowest BCUT2D eigenvalue weighted by atomic mass is 10.3. The van der Waals surface area contributed by atoms with Gasteiger partial charge in [0.25, 0.3) is 5.89 Å². The van der Waals surface area contributed by atoms with Crippen molar-refractivity contribution in [3.8, 4) is 10.8 Å². The maximum Gasteiger partial charge on any atom is 0.438 e.